The number of H-pyrrole nitrogens is 1. The number of aromatic amines is 1. The molecule has 3 aliphatic rings. The lowest BCUT2D eigenvalue weighted by Crippen LogP contribution is -2.61. The second-order valence-corrected chi connectivity index (χ2v) is 34.8. The van der Waals surface area contributed by atoms with E-state index in [0.29, 0.717) is 45.1 Å². The summed E-state index contributed by atoms with van der Waals surface area (Å²) in [6, 6.07) is 12.1. The fourth-order valence-electron chi connectivity index (χ4n) is 16.4. The Kier molecular flexibility index (Phi) is 37.6. The molecular formula is C93H121N17O23. The number of phenols is 3. The highest BCUT2D eigenvalue weighted by atomic mass is 16.4. The van der Waals surface area contributed by atoms with Gasteiger partial charge >= 0.3 is 11.9 Å². The number of benzene rings is 5. The Morgan fingerprint density at radius 1 is 0.414 bits per heavy atom. The number of rotatable bonds is 47. The normalized spacial score (nSPS) is 17.5. The number of nitrogens with one attached hydrogen (secondary N) is 12. The maximum Gasteiger partial charge on any atom is 0.326 e. The number of hydrogen-bond acceptors (Lipinski definition) is 22. The molecule has 15 amide bonds. The van der Waals surface area contributed by atoms with Crippen molar-refractivity contribution in [3.05, 3.63) is 161 Å². The predicted octanol–water partition coefficient (Wildman–Crippen LogP) is -0.230. The van der Waals surface area contributed by atoms with Crippen LogP contribution in [0.4, 0.5) is 0 Å². The first-order valence-electron chi connectivity index (χ1n) is 44.5. The van der Waals surface area contributed by atoms with E-state index in [9.17, 15) is 97.8 Å². The van der Waals surface area contributed by atoms with Crippen LogP contribution in [0.25, 0.3) is 10.9 Å². The molecule has 40 heteroatoms. The van der Waals surface area contributed by atoms with Crippen molar-refractivity contribution in [2.45, 2.75) is 241 Å². The topological polar surface area (TPSA) is 621 Å². The molecule has 5 aromatic carbocycles. The molecule has 0 bridgehead atoms. The van der Waals surface area contributed by atoms with Crippen molar-refractivity contribution in [3.8, 4) is 17.2 Å². The molecule has 0 radical (unpaired) electrons. The van der Waals surface area contributed by atoms with Crippen molar-refractivity contribution >= 4 is 111 Å². The average molecular weight is 1850 g/mol. The van der Waals surface area contributed by atoms with E-state index in [4.69, 9.17) is 11.5 Å². The summed E-state index contributed by atoms with van der Waals surface area (Å²) in [6.07, 6.45) is -2.02. The largest absolute Gasteiger partial charge is 0.508 e. The van der Waals surface area contributed by atoms with Crippen molar-refractivity contribution in [1.29, 1.82) is 0 Å². The SMILES string of the molecule is CC(C)C[C@H](NC(=O)[C@@H]1CCCN1C(=O)[C@H](CC(C)C)NC(=O)[C@H](C)NC(=O)[C@H](Cc1ccc(O)cc1)NC(=O)[C@@H]1CCCN1C(=O)[C@H](CCC(N)=O)NC(=O)[C@H](Cc1ccc(O)cc1)NC(=O)[C@H](Cc1ccc(O)cc1)NC(=O)CNC(=O)[C@@H]1CCCN1C(=O)[C@@H](NC(=O)[C@H](Cc1c[nH]c2ccccc12)NC(=O)[C@H](CCC(=O)O)NC(=O)[C@@H](N)Cc1ccccc1)[C@@H](C)O)C(=O)O. The third-order valence-electron chi connectivity index (χ3n) is 23.4. The van der Waals surface area contributed by atoms with Crippen LogP contribution in [0.15, 0.2) is 134 Å². The maximum atomic E-state index is 15.2. The summed E-state index contributed by atoms with van der Waals surface area (Å²) in [5.41, 5.74) is 14.9. The molecule has 1 aromatic heterocycles. The molecule has 9 rings (SSSR count). The third-order valence-corrected chi connectivity index (χ3v) is 23.4. The summed E-state index contributed by atoms with van der Waals surface area (Å²) < 4.78 is 0. The number of para-hydroxylation sites is 1. The van der Waals surface area contributed by atoms with Crippen LogP contribution in [0, 0.1) is 11.8 Å². The Bertz CT molecular complexity index is 5130. The molecule has 3 aliphatic heterocycles. The fraction of sp³-hybridized carbons (Fsp3) is 0.473. The van der Waals surface area contributed by atoms with Gasteiger partial charge in [0.15, 0.2) is 0 Å². The number of aromatic hydroxyl groups is 3. The van der Waals surface area contributed by atoms with Crippen LogP contribution in [-0.4, -0.2) is 268 Å². The lowest BCUT2D eigenvalue weighted by atomic mass is 10.0. The molecular weight excluding hydrogens is 1720 g/mol. The Morgan fingerprint density at radius 3 is 1.32 bits per heavy atom. The monoisotopic (exact) mass is 1840 g/mol. The van der Waals surface area contributed by atoms with E-state index in [-0.39, 0.29) is 126 Å². The van der Waals surface area contributed by atoms with Gasteiger partial charge in [-0.3, -0.25) is 76.7 Å². The molecule has 0 unspecified atom stereocenters. The first-order valence-corrected chi connectivity index (χ1v) is 44.5. The Hall–Kier alpha value is -14.1. The standard InChI is InChI=1S/C93H121N17O23/c1-50(2)41-71(91(130)109-39-14-21-75(109)89(128)106-72(93(132)133)42-51(3)4)105-80(119)52(5)98-83(122)68(45-56-24-30-60(113)31-25-56)104-88(127)74-20-13-38-108(74)90(129)66(34-36-76(95)115)101-85(124)69(46-57-26-32-61(114)33-27-57)102-84(123)67(44-55-22-28-59(112)29-23-55)99-77(116)49-97-87(126)73-19-12-40-110(73)92(131)79(53(6)111)107-86(125)70(47-58-48-96-64-18-11-10-17-62(58)64)103-82(121)65(35-37-78(117)118)100-81(120)63(94)43-54-15-8-7-9-16-54/h7-11,15-18,22-33,48,50-53,63,65-75,79,96,111-114H,12-14,19-21,34-47,49,94H2,1-6H3,(H2,95,115)(H,97,126)(H,98,122)(H,99,116)(H,100,120)(H,101,124)(H,102,123)(H,103,121)(H,104,127)(H,105,119)(H,106,128)(H,107,125)(H,117,118)(H,132,133)/t52-,53+,63-,65-,66-,67-,68-,69-,70-,71-,72-,73-,74-,75-,79-/m0/s1. The number of aliphatic carboxylic acids is 2. The van der Waals surface area contributed by atoms with Gasteiger partial charge in [-0.2, -0.15) is 0 Å². The van der Waals surface area contributed by atoms with Crippen LogP contribution < -0.4 is 70.0 Å². The summed E-state index contributed by atoms with van der Waals surface area (Å²) in [5.74, 6) is -16.8. The zero-order valence-electron chi connectivity index (χ0n) is 75.0. The predicted molar refractivity (Wildman–Crippen MR) is 481 cm³/mol. The van der Waals surface area contributed by atoms with Crippen molar-refractivity contribution in [2.75, 3.05) is 26.2 Å². The Labute approximate surface area is 767 Å². The van der Waals surface area contributed by atoms with Gasteiger partial charge in [-0.05, 0) is 167 Å². The van der Waals surface area contributed by atoms with Crippen LogP contribution in [-0.2, 0) is 114 Å². The van der Waals surface area contributed by atoms with Crippen LogP contribution in [0.5, 0.6) is 17.2 Å². The van der Waals surface area contributed by atoms with Crippen LogP contribution >= 0.6 is 0 Å². The molecule has 4 heterocycles. The molecule has 3 fully saturated rings. The van der Waals surface area contributed by atoms with E-state index < -0.39 is 223 Å². The van der Waals surface area contributed by atoms with E-state index in [1.807, 2.05) is 0 Å². The van der Waals surface area contributed by atoms with Crippen molar-refractivity contribution < 1.29 is 112 Å². The number of phenolic OH excluding ortho intramolecular Hbond substituents is 3. The van der Waals surface area contributed by atoms with Crippen molar-refractivity contribution in [2.24, 2.45) is 23.3 Å². The number of nitrogens with zero attached hydrogens (tertiary/aromatic N) is 3. The van der Waals surface area contributed by atoms with E-state index in [0.717, 1.165) is 9.80 Å². The highest BCUT2D eigenvalue weighted by Gasteiger charge is 2.45. The number of carboxylic acids is 2. The number of aliphatic hydroxyl groups is 1. The molecule has 0 aliphatic carbocycles. The number of amides is 15. The first kappa shape index (κ1) is 103. The summed E-state index contributed by atoms with van der Waals surface area (Å²) in [6.45, 7) is 8.81. The molecule has 15 atom stereocenters. The number of aromatic nitrogens is 1. The number of carboxylic acid groups (broad SMARTS) is 2. The van der Waals surface area contributed by atoms with Crippen LogP contribution in [0.2, 0.25) is 0 Å². The third kappa shape index (κ3) is 30.3. The summed E-state index contributed by atoms with van der Waals surface area (Å²) in [5, 5.41) is 90.9. The second kappa shape index (κ2) is 48.7. The number of aliphatic hydroxyl groups excluding tert-OH is 1. The van der Waals surface area contributed by atoms with Gasteiger partial charge < -0.3 is 120 Å². The summed E-state index contributed by atoms with van der Waals surface area (Å²) >= 11 is 0. The summed E-state index contributed by atoms with van der Waals surface area (Å²) in [7, 11) is 0. The number of nitrogens with two attached hydrogens (primary N) is 2. The first-order chi connectivity index (χ1) is 63.2. The fourth-order valence-corrected chi connectivity index (χ4v) is 16.4. The van der Waals surface area contributed by atoms with Crippen LogP contribution in [0.1, 0.15) is 146 Å². The van der Waals surface area contributed by atoms with Gasteiger partial charge in [0.1, 0.15) is 95.8 Å². The lowest BCUT2D eigenvalue weighted by molar-refractivity contribution is -0.145. The molecule has 133 heavy (non-hydrogen) atoms. The summed E-state index contributed by atoms with van der Waals surface area (Å²) in [4.78, 5) is 246. The minimum atomic E-state index is -1.80. The van der Waals surface area contributed by atoms with Gasteiger partial charge in [-0.25, -0.2) is 4.79 Å². The molecule has 0 spiro atoms. The number of carbonyl (C=O) groups is 17. The van der Waals surface area contributed by atoms with Gasteiger partial charge in [0.05, 0.1) is 18.7 Å². The highest BCUT2D eigenvalue weighted by molar-refractivity contribution is 6.01. The number of fused-ring (bicyclic) bond motifs is 1. The number of likely N-dealkylation sites (tertiary alicyclic amines) is 3. The van der Waals surface area contributed by atoms with Crippen LogP contribution in [0.3, 0.4) is 0 Å². The maximum absolute atomic E-state index is 15.2. The van der Waals surface area contributed by atoms with E-state index in [1.54, 1.807) is 88.5 Å². The van der Waals surface area contributed by atoms with Gasteiger partial charge in [0, 0.05) is 75.3 Å². The zero-order chi connectivity index (χ0) is 97.0. The number of hydrogen-bond donors (Lipinski definition) is 20. The molecule has 6 aromatic rings. The molecule has 22 N–H and O–H groups in total. The Balaban J connectivity index is 0.882. The Morgan fingerprint density at radius 2 is 0.820 bits per heavy atom. The van der Waals surface area contributed by atoms with E-state index >= 15 is 14.4 Å². The van der Waals surface area contributed by atoms with Gasteiger partial charge in [0.2, 0.25) is 88.6 Å². The minimum absolute atomic E-state index is 0.00594. The molecule has 716 valence electrons. The average Bonchev–Trinajstić information content (AvgIpc) is 1.77. The van der Waals surface area contributed by atoms with E-state index in [2.05, 4.69) is 63.5 Å². The molecule has 40 nitrogen and oxygen atoms in total. The molecule has 3 saturated heterocycles. The van der Waals surface area contributed by atoms with Crippen molar-refractivity contribution in [3.63, 3.8) is 0 Å². The highest BCUT2D eigenvalue weighted by Crippen LogP contribution is 2.27. The van der Waals surface area contributed by atoms with E-state index in [1.165, 1.54) is 91.5 Å². The zero-order valence-corrected chi connectivity index (χ0v) is 75.0. The van der Waals surface area contributed by atoms with Gasteiger partial charge in [-0.15, -0.1) is 0 Å². The molecule has 0 saturated carbocycles. The van der Waals surface area contributed by atoms with Gasteiger partial charge in [-0.1, -0.05) is 113 Å². The van der Waals surface area contributed by atoms with Crippen molar-refractivity contribution in [1.82, 2.24) is 78.2 Å². The number of primary amides is 1. The lowest BCUT2D eigenvalue weighted by Gasteiger charge is -2.31. The smallest absolute Gasteiger partial charge is 0.326 e. The second-order valence-electron chi connectivity index (χ2n) is 34.8. The number of carbonyl (C=O) groups excluding carboxylic acids is 15. The minimum Gasteiger partial charge on any atom is -0.508 e. The quantitative estimate of drug-likeness (QED) is 0.0235. The van der Waals surface area contributed by atoms with Gasteiger partial charge in [0.25, 0.3) is 0 Å².